The summed E-state index contributed by atoms with van der Waals surface area (Å²) >= 11 is 0. The van der Waals surface area contributed by atoms with E-state index in [-0.39, 0.29) is 11.7 Å². The fourth-order valence-electron chi connectivity index (χ4n) is 1.94. The van der Waals surface area contributed by atoms with Crippen molar-refractivity contribution >= 4 is 17.3 Å². The van der Waals surface area contributed by atoms with Crippen molar-refractivity contribution in [3.05, 3.63) is 23.5 Å². The van der Waals surface area contributed by atoms with Gasteiger partial charge in [0, 0.05) is 19.3 Å². The Morgan fingerprint density at radius 2 is 2.11 bits per heavy atom. The average molecular weight is 254 g/mol. The highest BCUT2D eigenvalue weighted by Crippen LogP contribution is 2.25. The summed E-state index contributed by atoms with van der Waals surface area (Å²) in [5.41, 5.74) is 5.98. The van der Waals surface area contributed by atoms with Gasteiger partial charge in [0.1, 0.15) is 5.82 Å². The van der Waals surface area contributed by atoms with E-state index in [1.165, 1.54) is 0 Å². The molecule has 1 fully saturated rings. The van der Waals surface area contributed by atoms with E-state index in [1.54, 1.807) is 0 Å². The van der Waals surface area contributed by atoms with E-state index in [0.29, 0.717) is 18.9 Å². The zero-order valence-corrected chi connectivity index (χ0v) is 9.78. The first-order valence-electron chi connectivity index (χ1n) is 5.74. The Kier molecular flexibility index (Phi) is 3.66. The number of anilines is 2. The summed E-state index contributed by atoms with van der Waals surface area (Å²) in [5, 5.41) is 11.9. The van der Waals surface area contributed by atoms with Gasteiger partial charge in [-0.05, 0) is 25.0 Å². The van der Waals surface area contributed by atoms with Gasteiger partial charge in [-0.15, -0.1) is 0 Å². The van der Waals surface area contributed by atoms with Crippen LogP contribution in [0.15, 0.2) is 12.1 Å². The minimum Gasteiger partial charge on any atom is -0.478 e. The second kappa shape index (κ2) is 5.22. The molecular formula is C12H15FN2O3. The van der Waals surface area contributed by atoms with Crippen molar-refractivity contribution < 1.29 is 19.0 Å². The molecule has 98 valence electrons. The Morgan fingerprint density at radius 1 is 1.44 bits per heavy atom. The SMILES string of the molecule is Nc1cc(C(=O)O)c(F)cc1NC1CCOCC1. The van der Waals surface area contributed by atoms with Crippen molar-refractivity contribution in [2.45, 2.75) is 18.9 Å². The lowest BCUT2D eigenvalue weighted by molar-refractivity contribution is 0.0692. The van der Waals surface area contributed by atoms with Crippen molar-refractivity contribution in [2.24, 2.45) is 0 Å². The lowest BCUT2D eigenvalue weighted by Gasteiger charge is -2.25. The highest BCUT2D eigenvalue weighted by Gasteiger charge is 2.17. The lowest BCUT2D eigenvalue weighted by Crippen LogP contribution is -2.28. The number of hydrogen-bond donors (Lipinski definition) is 3. The first kappa shape index (κ1) is 12.6. The predicted octanol–water partition coefficient (Wildman–Crippen LogP) is 1.70. The Labute approximate surface area is 104 Å². The van der Waals surface area contributed by atoms with Crippen molar-refractivity contribution in [2.75, 3.05) is 24.3 Å². The summed E-state index contributed by atoms with van der Waals surface area (Å²) in [6.07, 6.45) is 1.64. The van der Waals surface area contributed by atoms with Gasteiger partial charge < -0.3 is 20.9 Å². The molecule has 0 radical (unpaired) electrons. The van der Waals surface area contributed by atoms with E-state index >= 15 is 0 Å². The van der Waals surface area contributed by atoms with Gasteiger partial charge in [0.05, 0.1) is 16.9 Å². The number of halogens is 1. The van der Waals surface area contributed by atoms with Gasteiger partial charge in [-0.3, -0.25) is 0 Å². The summed E-state index contributed by atoms with van der Waals surface area (Å²) < 4.78 is 18.8. The molecule has 0 amide bonds. The molecule has 1 aliphatic heterocycles. The zero-order valence-electron chi connectivity index (χ0n) is 9.78. The molecule has 4 N–H and O–H groups in total. The summed E-state index contributed by atoms with van der Waals surface area (Å²) in [6, 6.07) is 2.45. The quantitative estimate of drug-likeness (QED) is 0.715. The van der Waals surface area contributed by atoms with Crippen LogP contribution in [-0.4, -0.2) is 30.3 Å². The van der Waals surface area contributed by atoms with Crippen LogP contribution in [-0.2, 0) is 4.74 Å². The first-order chi connectivity index (χ1) is 8.58. The maximum atomic E-state index is 13.5. The largest absolute Gasteiger partial charge is 0.478 e. The average Bonchev–Trinajstić information content (AvgIpc) is 2.34. The third-order valence-electron chi connectivity index (χ3n) is 2.95. The van der Waals surface area contributed by atoms with E-state index in [0.717, 1.165) is 25.0 Å². The predicted molar refractivity (Wildman–Crippen MR) is 65.2 cm³/mol. The molecule has 1 aliphatic rings. The van der Waals surface area contributed by atoms with Crippen molar-refractivity contribution in [3.63, 3.8) is 0 Å². The molecule has 0 aromatic heterocycles. The Balaban J connectivity index is 2.18. The fourth-order valence-corrected chi connectivity index (χ4v) is 1.94. The Hall–Kier alpha value is -1.82. The number of carboxylic acid groups (broad SMARTS) is 1. The fraction of sp³-hybridized carbons (Fsp3) is 0.417. The molecular weight excluding hydrogens is 239 g/mol. The third kappa shape index (κ3) is 2.70. The van der Waals surface area contributed by atoms with Crippen LogP contribution in [0.5, 0.6) is 0 Å². The number of benzene rings is 1. The molecule has 0 bridgehead atoms. The summed E-state index contributed by atoms with van der Waals surface area (Å²) in [4.78, 5) is 10.7. The number of carbonyl (C=O) groups is 1. The molecule has 0 unspecified atom stereocenters. The van der Waals surface area contributed by atoms with Crippen molar-refractivity contribution in [3.8, 4) is 0 Å². The van der Waals surface area contributed by atoms with Gasteiger partial charge in [0.25, 0.3) is 0 Å². The normalized spacial score (nSPS) is 16.5. The van der Waals surface area contributed by atoms with Crippen LogP contribution in [0.1, 0.15) is 23.2 Å². The van der Waals surface area contributed by atoms with E-state index in [1.807, 2.05) is 0 Å². The van der Waals surface area contributed by atoms with Crippen LogP contribution in [0, 0.1) is 5.82 Å². The molecule has 6 heteroatoms. The van der Waals surface area contributed by atoms with Gasteiger partial charge in [-0.25, -0.2) is 9.18 Å². The van der Waals surface area contributed by atoms with Gasteiger partial charge >= 0.3 is 5.97 Å². The van der Waals surface area contributed by atoms with E-state index in [9.17, 15) is 9.18 Å². The minimum absolute atomic E-state index is 0.177. The molecule has 5 nitrogen and oxygen atoms in total. The van der Waals surface area contributed by atoms with Crippen LogP contribution in [0.3, 0.4) is 0 Å². The Bertz CT molecular complexity index is 459. The van der Waals surface area contributed by atoms with Gasteiger partial charge in [0.15, 0.2) is 0 Å². The number of rotatable bonds is 3. The summed E-state index contributed by atoms with van der Waals surface area (Å²) in [5.74, 6) is -2.11. The summed E-state index contributed by atoms with van der Waals surface area (Å²) in [7, 11) is 0. The number of hydrogen-bond acceptors (Lipinski definition) is 4. The molecule has 1 saturated heterocycles. The second-order valence-electron chi connectivity index (χ2n) is 4.26. The molecule has 0 atom stereocenters. The zero-order chi connectivity index (χ0) is 13.1. The van der Waals surface area contributed by atoms with Crippen molar-refractivity contribution in [1.82, 2.24) is 0 Å². The molecule has 2 rings (SSSR count). The molecule has 0 saturated carbocycles. The number of nitrogens with two attached hydrogens (primary N) is 1. The van der Waals surface area contributed by atoms with Crippen LogP contribution < -0.4 is 11.1 Å². The first-order valence-corrected chi connectivity index (χ1v) is 5.74. The topological polar surface area (TPSA) is 84.6 Å². The highest BCUT2D eigenvalue weighted by atomic mass is 19.1. The maximum Gasteiger partial charge on any atom is 0.338 e. The lowest BCUT2D eigenvalue weighted by atomic mass is 10.1. The highest BCUT2D eigenvalue weighted by molar-refractivity contribution is 5.90. The maximum absolute atomic E-state index is 13.5. The molecule has 0 spiro atoms. The van der Waals surface area contributed by atoms with Gasteiger partial charge in [-0.2, -0.15) is 0 Å². The van der Waals surface area contributed by atoms with Crippen molar-refractivity contribution in [1.29, 1.82) is 0 Å². The summed E-state index contributed by atoms with van der Waals surface area (Å²) in [6.45, 7) is 1.32. The smallest absolute Gasteiger partial charge is 0.338 e. The minimum atomic E-state index is -1.32. The monoisotopic (exact) mass is 254 g/mol. The van der Waals surface area contributed by atoms with Crippen LogP contribution >= 0.6 is 0 Å². The Morgan fingerprint density at radius 3 is 2.72 bits per heavy atom. The molecule has 1 aromatic carbocycles. The number of aromatic carboxylic acids is 1. The van der Waals surface area contributed by atoms with Gasteiger partial charge in [0.2, 0.25) is 0 Å². The molecule has 1 heterocycles. The number of carboxylic acids is 1. The van der Waals surface area contributed by atoms with E-state index in [4.69, 9.17) is 15.6 Å². The number of ether oxygens (including phenoxy) is 1. The molecule has 1 aromatic rings. The van der Waals surface area contributed by atoms with Crippen LogP contribution in [0.4, 0.5) is 15.8 Å². The second-order valence-corrected chi connectivity index (χ2v) is 4.26. The number of nitrogens with one attached hydrogen (secondary N) is 1. The van der Waals surface area contributed by atoms with E-state index in [2.05, 4.69) is 5.32 Å². The van der Waals surface area contributed by atoms with E-state index < -0.39 is 17.3 Å². The van der Waals surface area contributed by atoms with Crippen LogP contribution in [0.2, 0.25) is 0 Å². The number of nitrogen functional groups attached to an aromatic ring is 1. The van der Waals surface area contributed by atoms with Gasteiger partial charge in [-0.1, -0.05) is 0 Å². The molecule has 0 aliphatic carbocycles. The van der Waals surface area contributed by atoms with Crippen LogP contribution in [0.25, 0.3) is 0 Å². The standard InChI is InChI=1S/C12H15FN2O3/c13-9-6-11(10(14)5-8(9)12(16)17)15-7-1-3-18-4-2-7/h5-7,15H,1-4,14H2,(H,16,17). The third-order valence-corrected chi connectivity index (χ3v) is 2.95. The molecule has 18 heavy (non-hydrogen) atoms.